The summed E-state index contributed by atoms with van der Waals surface area (Å²) in [5, 5.41) is 20.2. The summed E-state index contributed by atoms with van der Waals surface area (Å²) in [6.45, 7) is 4.49. The van der Waals surface area contributed by atoms with Crippen LogP contribution in [0.4, 0.5) is 0 Å². The monoisotopic (exact) mass is 574 g/mol. The van der Waals surface area contributed by atoms with Crippen LogP contribution in [0, 0.1) is 0 Å². The molecule has 4 nitrogen and oxygen atoms in total. The maximum Gasteiger partial charge on any atom is 0.153 e. The van der Waals surface area contributed by atoms with Gasteiger partial charge >= 0.3 is 0 Å². The van der Waals surface area contributed by atoms with Gasteiger partial charge in [-0.2, -0.15) is 0 Å². The molecular formula is C39H42O4. The van der Waals surface area contributed by atoms with Crippen molar-refractivity contribution < 1.29 is 19.8 Å². The molecule has 0 spiro atoms. The van der Waals surface area contributed by atoms with Crippen molar-refractivity contribution in [3.8, 4) is 44.9 Å². The van der Waals surface area contributed by atoms with Crippen molar-refractivity contribution in [1.29, 1.82) is 0 Å². The molecule has 4 aromatic carbocycles. The van der Waals surface area contributed by atoms with Gasteiger partial charge in [0.2, 0.25) is 0 Å². The molecule has 0 atom stereocenters. The Labute approximate surface area is 255 Å². The Kier molecular flexibility index (Phi) is 9.45. The highest BCUT2D eigenvalue weighted by Crippen LogP contribution is 2.56. The number of fused-ring (bicyclic) bond motifs is 3. The Hall–Kier alpha value is -4.18. The average molecular weight is 575 g/mol. The van der Waals surface area contributed by atoms with Crippen molar-refractivity contribution in [1.82, 2.24) is 0 Å². The van der Waals surface area contributed by atoms with E-state index in [2.05, 4.69) is 50.2 Å². The fraction of sp³-hybridized carbons (Fsp3) is 0.333. The number of aromatic hydroxyl groups is 2. The summed E-state index contributed by atoms with van der Waals surface area (Å²) in [5.41, 5.74) is 9.51. The fourth-order valence-electron chi connectivity index (χ4n) is 6.88. The highest BCUT2D eigenvalue weighted by molar-refractivity contribution is 5.88. The lowest BCUT2D eigenvalue weighted by Crippen LogP contribution is -2.25. The number of phenolic OH excluding ortho intramolecular Hbond substituents is 2. The highest BCUT2D eigenvalue weighted by atomic mass is 16.3. The first kappa shape index (κ1) is 30.3. The molecule has 0 aromatic heterocycles. The highest BCUT2D eigenvalue weighted by Gasteiger charge is 2.42. The summed E-state index contributed by atoms with van der Waals surface area (Å²) in [7, 11) is 0. The van der Waals surface area contributed by atoms with Gasteiger partial charge in [-0.15, -0.1) is 0 Å². The molecule has 1 aliphatic carbocycles. The van der Waals surface area contributed by atoms with Crippen LogP contribution in [-0.2, 0) is 5.41 Å². The van der Waals surface area contributed by atoms with E-state index in [9.17, 15) is 19.8 Å². The molecule has 0 unspecified atom stereocenters. The molecule has 222 valence electrons. The van der Waals surface area contributed by atoms with Gasteiger partial charge in [-0.05, 0) is 93.7 Å². The summed E-state index contributed by atoms with van der Waals surface area (Å²) in [5.74, 6) is -0.0129. The van der Waals surface area contributed by atoms with Gasteiger partial charge in [0, 0.05) is 5.41 Å². The molecule has 4 heteroatoms. The second-order valence-electron chi connectivity index (χ2n) is 12.0. The smallest absolute Gasteiger partial charge is 0.153 e. The van der Waals surface area contributed by atoms with Crippen LogP contribution in [0.1, 0.15) is 110 Å². The molecular weight excluding hydrogens is 532 g/mol. The normalized spacial score (nSPS) is 13.0. The quantitative estimate of drug-likeness (QED) is 0.116. The molecule has 5 rings (SSSR count). The summed E-state index contributed by atoms with van der Waals surface area (Å²) in [6.07, 6.45) is 13.0. The van der Waals surface area contributed by atoms with E-state index in [0.717, 1.165) is 47.9 Å². The van der Waals surface area contributed by atoms with Crippen molar-refractivity contribution in [3.05, 3.63) is 95.1 Å². The molecule has 0 aliphatic heterocycles. The third-order valence-electron chi connectivity index (χ3n) is 9.25. The first-order chi connectivity index (χ1) is 20.9. The van der Waals surface area contributed by atoms with E-state index in [1.807, 2.05) is 12.1 Å². The Morgan fingerprint density at radius 2 is 0.930 bits per heavy atom. The second-order valence-corrected chi connectivity index (χ2v) is 12.0. The standard InChI is InChI=1S/C39H42O4/c1-3-5-7-9-19-39(20-10-8-6-4-2)35-23-29(27-13-17-37(42)31(21-27)25-40)11-15-33(35)34-16-12-30(24-36(34)39)28-14-18-38(43)32(22-28)26-41/h11-18,21-26,42-43H,3-10,19-20H2,1-2H3. The molecule has 0 heterocycles. The van der Waals surface area contributed by atoms with Gasteiger partial charge in [-0.1, -0.05) is 102 Å². The van der Waals surface area contributed by atoms with E-state index < -0.39 is 0 Å². The molecule has 43 heavy (non-hydrogen) atoms. The van der Waals surface area contributed by atoms with Gasteiger partial charge in [0.15, 0.2) is 12.6 Å². The predicted octanol–water partition coefficient (Wildman–Crippen LogP) is 10.3. The molecule has 0 saturated heterocycles. The lowest BCUT2D eigenvalue weighted by Gasteiger charge is -2.33. The molecule has 0 fully saturated rings. The third kappa shape index (κ3) is 6.01. The van der Waals surface area contributed by atoms with Crippen molar-refractivity contribution in [2.45, 2.75) is 83.5 Å². The van der Waals surface area contributed by atoms with Crippen molar-refractivity contribution >= 4 is 12.6 Å². The van der Waals surface area contributed by atoms with E-state index in [1.54, 1.807) is 24.3 Å². The SMILES string of the molecule is CCCCCCC1(CCCCCC)c2cc(-c3ccc(O)c(C=O)c3)ccc2-c2ccc(-c3ccc(O)c(C=O)c3)cc21. The molecule has 2 N–H and O–H groups in total. The van der Waals surface area contributed by atoms with Gasteiger partial charge in [0.1, 0.15) is 11.5 Å². The number of carbonyl (C=O) groups is 2. The number of hydrogen-bond donors (Lipinski definition) is 2. The van der Waals surface area contributed by atoms with E-state index in [4.69, 9.17) is 0 Å². The Morgan fingerprint density at radius 3 is 1.33 bits per heavy atom. The molecule has 4 aromatic rings. The molecule has 0 bridgehead atoms. The van der Waals surface area contributed by atoms with Gasteiger partial charge in [0.05, 0.1) is 11.1 Å². The zero-order valence-corrected chi connectivity index (χ0v) is 25.4. The van der Waals surface area contributed by atoms with Crippen LogP contribution in [0.3, 0.4) is 0 Å². The summed E-state index contributed by atoms with van der Waals surface area (Å²) >= 11 is 0. The zero-order chi connectivity index (χ0) is 30.4. The third-order valence-corrected chi connectivity index (χ3v) is 9.25. The number of aldehydes is 2. The lowest BCUT2D eigenvalue weighted by atomic mass is 9.70. The molecule has 0 radical (unpaired) electrons. The Balaban J connectivity index is 1.68. The van der Waals surface area contributed by atoms with Gasteiger partial charge in [-0.3, -0.25) is 9.59 Å². The molecule has 0 amide bonds. The largest absolute Gasteiger partial charge is 0.507 e. The number of hydrogen-bond acceptors (Lipinski definition) is 4. The van der Waals surface area contributed by atoms with Crippen LogP contribution >= 0.6 is 0 Å². The minimum atomic E-state index is -0.160. The van der Waals surface area contributed by atoms with Gasteiger partial charge in [-0.25, -0.2) is 0 Å². The van der Waals surface area contributed by atoms with Crippen LogP contribution in [0.15, 0.2) is 72.8 Å². The predicted molar refractivity (Wildman–Crippen MR) is 175 cm³/mol. The second kappa shape index (κ2) is 13.4. The van der Waals surface area contributed by atoms with E-state index in [1.165, 1.54) is 60.8 Å². The number of rotatable bonds is 14. The van der Waals surface area contributed by atoms with Crippen LogP contribution in [-0.4, -0.2) is 22.8 Å². The van der Waals surface area contributed by atoms with Crippen LogP contribution in [0.25, 0.3) is 33.4 Å². The minimum absolute atomic E-state index is 0.00647. The average Bonchev–Trinajstić information content (AvgIpc) is 3.30. The number of unbranched alkanes of at least 4 members (excludes halogenated alkanes) is 6. The number of benzene rings is 4. The Morgan fingerprint density at radius 1 is 0.535 bits per heavy atom. The number of carbonyl (C=O) groups excluding carboxylic acids is 2. The maximum absolute atomic E-state index is 11.6. The topological polar surface area (TPSA) is 74.6 Å². The maximum atomic E-state index is 11.6. The lowest BCUT2D eigenvalue weighted by molar-refractivity contribution is 0.111. The Bertz CT molecular complexity index is 1500. The summed E-state index contributed by atoms with van der Waals surface area (Å²) in [4.78, 5) is 23.2. The summed E-state index contributed by atoms with van der Waals surface area (Å²) in [6, 6.07) is 23.8. The van der Waals surface area contributed by atoms with Crippen molar-refractivity contribution in [2.75, 3.05) is 0 Å². The minimum Gasteiger partial charge on any atom is -0.507 e. The van der Waals surface area contributed by atoms with Crippen LogP contribution in [0.5, 0.6) is 11.5 Å². The van der Waals surface area contributed by atoms with Crippen LogP contribution < -0.4 is 0 Å². The van der Waals surface area contributed by atoms with Crippen molar-refractivity contribution in [2.24, 2.45) is 0 Å². The summed E-state index contributed by atoms with van der Waals surface area (Å²) < 4.78 is 0. The first-order valence-corrected chi connectivity index (χ1v) is 15.8. The van der Waals surface area contributed by atoms with Gasteiger partial charge < -0.3 is 10.2 Å². The van der Waals surface area contributed by atoms with Crippen molar-refractivity contribution in [3.63, 3.8) is 0 Å². The zero-order valence-electron chi connectivity index (χ0n) is 25.4. The fourth-order valence-corrected chi connectivity index (χ4v) is 6.88. The molecule has 0 saturated carbocycles. The van der Waals surface area contributed by atoms with E-state index >= 15 is 0 Å². The van der Waals surface area contributed by atoms with E-state index in [-0.39, 0.29) is 16.9 Å². The molecule has 1 aliphatic rings. The number of phenols is 2. The van der Waals surface area contributed by atoms with Crippen LogP contribution in [0.2, 0.25) is 0 Å². The van der Waals surface area contributed by atoms with E-state index in [0.29, 0.717) is 23.7 Å². The first-order valence-electron chi connectivity index (χ1n) is 15.8. The van der Waals surface area contributed by atoms with Gasteiger partial charge in [0.25, 0.3) is 0 Å².